The monoisotopic (exact) mass is 442 g/mol. The van der Waals surface area contributed by atoms with Gasteiger partial charge in [0.2, 0.25) is 0 Å². The molecule has 160 valence electrons. The van der Waals surface area contributed by atoms with E-state index >= 15 is 0 Å². The summed E-state index contributed by atoms with van der Waals surface area (Å²) in [5.74, 6) is -0.588. The van der Waals surface area contributed by atoms with E-state index in [9.17, 15) is 14.4 Å². The summed E-state index contributed by atoms with van der Waals surface area (Å²) in [4.78, 5) is 43.0. The molecule has 31 heavy (non-hydrogen) atoms. The molecular formula is C21H19ClN4O5. The van der Waals surface area contributed by atoms with E-state index in [2.05, 4.69) is 20.6 Å². The lowest BCUT2D eigenvalue weighted by molar-refractivity contribution is 0.0631. The van der Waals surface area contributed by atoms with E-state index in [0.717, 1.165) is 17.4 Å². The molecule has 2 aromatic heterocycles. The van der Waals surface area contributed by atoms with Crippen molar-refractivity contribution >= 4 is 41.6 Å². The number of anilines is 2. The standard InChI is InChI=1S/C21H19ClN4O5/c1-21(2,3)31-20(29)26-19-25-17(11-30-19)18(28)24-16-8-12(5-7-15(16)22)13-4-6-14(10-27)23-9-13/h4-11H,1-3H3,(H,24,28)(H,25,26,29). The fourth-order valence-electron chi connectivity index (χ4n) is 2.46. The van der Waals surface area contributed by atoms with Crippen molar-refractivity contribution in [1.29, 1.82) is 0 Å². The molecule has 0 aliphatic rings. The molecule has 0 atom stereocenters. The number of nitrogens with zero attached hydrogens (tertiary/aromatic N) is 2. The molecule has 2 amide bonds. The first-order chi connectivity index (χ1) is 14.6. The van der Waals surface area contributed by atoms with Crippen molar-refractivity contribution in [2.24, 2.45) is 0 Å². The predicted molar refractivity (Wildman–Crippen MR) is 114 cm³/mol. The molecule has 3 rings (SSSR count). The number of benzene rings is 1. The van der Waals surface area contributed by atoms with Crippen LogP contribution in [0.25, 0.3) is 11.1 Å². The van der Waals surface area contributed by atoms with Crippen molar-refractivity contribution in [3.63, 3.8) is 0 Å². The first-order valence-corrected chi connectivity index (χ1v) is 9.50. The highest BCUT2D eigenvalue weighted by molar-refractivity contribution is 6.34. The van der Waals surface area contributed by atoms with E-state index in [1.54, 1.807) is 57.3 Å². The second kappa shape index (κ2) is 8.97. The Hall–Kier alpha value is -3.72. The number of aldehydes is 1. The minimum absolute atomic E-state index is 0.0652. The molecule has 0 fully saturated rings. The van der Waals surface area contributed by atoms with Crippen LogP contribution in [-0.2, 0) is 4.74 Å². The van der Waals surface area contributed by atoms with Crippen LogP contribution in [0.3, 0.4) is 0 Å². The van der Waals surface area contributed by atoms with Crippen molar-refractivity contribution < 1.29 is 23.5 Å². The molecular weight excluding hydrogens is 424 g/mol. The summed E-state index contributed by atoms with van der Waals surface area (Å²) in [7, 11) is 0. The highest BCUT2D eigenvalue weighted by Crippen LogP contribution is 2.29. The molecule has 0 unspecified atom stereocenters. The van der Waals surface area contributed by atoms with Gasteiger partial charge in [-0.2, -0.15) is 4.98 Å². The molecule has 2 N–H and O–H groups in total. The normalized spacial score (nSPS) is 11.0. The van der Waals surface area contributed by atoms with Crippen LogP contribution in [0.1, 0.15) is 41.7 Å². The third kappa shape index (κ3) is 5.89. The zero-order valence-electron chi connectivity index (χ0n) is 16.9. The van der Waals surface area contributed by atoms with Gasteiger partial charge in [0.15, 0.2) is 12.0 Å². The molecule has 2 heterocycles. The van der Waals surface area contributed by atoms with E-state index in [1.165, 1.54) is 0 Å². The van der Waals surface area contributed by atoms with Gasteiger partial charge in [0.25, 0.3) is 5.91 Å². The number of oxazole rings is 1. The average molecular weight is 443 g/mol. The third-order valence-electron chi connectivity index (χ3n) is 3.80. The van der Waals surface area contributed by atoms with Crippen LogP contribution in [0.15, 0.2) is 47.2 Å². The van der Waals surface area contributed by atoms with E-state index in [-0.39, 0.29) is 11.7 Å². The van der Waals surface area contributed by atoms with E-state index in [4.69, 9.17) is 20.8 Å². The summed E-state index contributed by atoms with van der Waals surface area (Å²) in [6.07, 6.45) is 2.54. The summed E-state index contributed by atoms with van der Waals surface area (Å²) in [5.41, 5.74) is 1.37. The number of pyridine rings is 1. The average Bonchev–Trinajstić information content (AvgIpc) is 3.16. The number of halogens is 1. The summed E-state index contributed by atoms with van der Waals surface area (Å²) >= 11 is 6.20. The lowest BCUT2D eigenvalue weighted by atomic mass is 10.1. The van der Waals surface area contributed by atoms with Crippen LogP contribution in [0.5, 0.6) is 0 Å². The van der Waals surface area contributed by atoms with Crippen LogP contribution in [-0.4, -0.2) is 33.9 Å². The van der Waals surface area contributed by atoms with Crippen molar-refractivity contribution in [2.45, 2.75) is 26.4 Å². The topological polar surface area (TPSA) is 123 Å². The molecule has 0 bridgehead atoms. The number of rotatable bonds is 5. The molecule has 0 saturated heterocycles. The number of amides is 2. The first kappa shape index (κ1) is 22.0. The highest BCUT2D eigenvalue weighted by atomic mass is 35.5. The largest absolute Gasteiger partial charge is 0.443 e. The molecule has 0 aliphatic heterocycles. The summed E-state index contributed by atoms with van der Waals surface area (Å²) in [5, 5.41) is 5.27. The number of aromatic nitrogens is 2. The fourth-order valence-corrected chi connectivity index (χ4v) is 2.62. The highest BCUT2D eigenvalue weighted by Gasteiger charge is 2.20. The Morgan fingerprint density at radius 2 is 1.87 bits per heavy atom. The van der Waals surface area contributed by atoms with Gasteiger partial charge in [-0.05, 0) is 44.5 Å². The molecule has 9 nitrogen and oxygen atoms in total. The summed E-state index contributed by atoms with van der Waals surface area (Å²) in [6.45, 7) is 5.14. The summed E-state index contributed by atoms with van der Waals surface area (Å²) in [6, 6.07) is 8.19. The van der Waals surface area contributed by atoms with Crippen molar-refractivity contribution in [3.8, 4) is 11.1 Å². The predicted octanol–water partition coefficient (Wildman–Crippen LogP) is 4.80. The van der Waals surface area contributed by atoms with Gasteiger partial charge < -0.3 is 14.5 Å². The zero-order chi connectivity index (χ0) is 22.6. The van der Waals surface area contributed by atoms with Crippen molar-refractivity contribution in [3.05, 3.63) is 59.2 Å². The third-order valence-corrected chi connectivity index (χ3v) is 4.13. The quantitative estimate of drug-likeness (QED) is 0.543. The first-order valence-electron chi connectivity index (χ1n) is 9.12. The van der Waals surface area contributed by atoms with Gasteiger partial charge in [-0.15, -0.1) is 0 Å². The second-order valence-corrected chi connectivity index (χ2v) is 7.81. The molecule has 0 radical (unpaired) electrons. The van der Waals surface area contributed by atoms with Gasteiger partial charge in [0, 0.05) is 11.8 Å². The summed E-state index contributed by atoms with van der Waals surface area (Å²) < 4.78 is 10.2. The van der Waals surface area contributed by atoms with E-state index in [0.29, 0.717) is 22.7 Å². The van der Waals surface area contributed by atoms with Gasteiger partial charge in [-0.25, -0.2) is 10.1 Å². The van der Waals surface area contributed by atoms with Crippen LogP contribution >= 0.6 is 11.6 Å². The zero-order valence-corrected chi connectivity index (χ0v) is 17.7. The van der Waals surface area contributed by atoms with Gasteiger partial charge in [0.1, 0.15) is 17.6 Å². The van der Waals surface area contributed by atoms with Gasteiger partial charge >= 0.3 is 12.1 Å². The molecule has 0 aliphatic carbocycles. The minimum Gasteiger partial charge on any atom is -0.443 e. The number of carbonyl (C=O) groups is 3. The Morgan fingerprint density at radius 3 is 2.52 bits per heavy atom. The number of nitrogens with one attached hydrogen (secondary N) is 2. The Kier molecular flexibility index (Phi) is 6.36. The lowest BCUT2D eigenvalue weighted by Gasteiger charge is -2.18. The number of ether oxygens (including phenoxy) is 1. The van der Waals surface area contributed by atoms with Crippen LogP contribution < -0.4 is 10.6 Å². The van der Waals surface area contributed by atoms with Gasteiger partial charge in [-0.3, -0.25) is 14.6 Å². The smallest absolute Gasteiger partial charge is 0.415 e. The van der Waals surface area contributed by atoms with E-state index < -0.39 is 17.6 Å². The Bertz CT molecular complexity index is 1120. The molecule has 1 aromatic carbocycles. The van der Waals surface area contributed by atoms with Gasteiger partial charge in [-0.1, -0.05) is 23.7 Å². The molecule has 0 spiro atoms. The fraction of sp³-hybridized carbons (Fsp3) is 0.190. The number of hydrogen-bond acceptors (Lipinski definition) is 7. The van der Waals surface area contributed by atoms with Crippen LogP contribution in [0, 0.1) is 0 Å². The SMILES string of the molecule is CC(C)(C)OC(=O)Nc1nc(C(=O)Nc2cc(-c3ccc(C=O)nc3)ccc2Cl)co1. The second-order valence-electron chi connectivity index (χ2n) is 7.40. The Balaban J connectivity index is 1.72. The molecule has 10 heteroatoms. The van der Waals surface area contributed by atoms with Gasteiger partial charge in [0.05, 0.1) is 10.7 Å². The number of hydrogen-bond donors (Lipinski definition) is 2. The lowest BCUT2D eigenvalue weighted by Crippen LogP contribution is -2.27. The maximum atomic E-state index is 12.5. The van der Waals surface area contributed by atoms with E-state index in [1.807, 2.05) is 0 Å². The van der Waals surface area contributed by atoms with Crippen LogP contribution in [0.2, 0.25) is 5.02 Å². The van der Waals surface area contributed by atoms with Crippen molar-refractivity contribution in [2.75, 3.05) is 10.6 Å². The van der Waals surface area contributed by atoms with Crippen molar-refractivity contribution in [1.82, 2.24) is 9.97 Å². The van der Waals surface area contributed by atoms with Crippen LogP contribution in [0.4, 0.5) is 16.5 Å². The molecule has 3 aromatic rings. The number of carbonyl (C=O) groups excluding carboxylic acids is 3. The maximum Gasteiger partial charge on any atom is 0.415 e. The maximum absolute atomic E-state index is 12.5. The Morgan fingerprint density at radius 1 is 1.13 bits per heavy atom. The Labute approximate surface area is 182 Å². The molecule has 0 saturated carbocycles. The minimum atomic E-state index is -0.758.